The smallest absolute Gasteiger partial charge is 0.278 e. The predicted octanol–water partition coefficient (Wildman–Crippen LogP) is 4.45. The van der Waals surface area contributed by atoms with Gasteiger partial charge in [-0.25, -0.2) is 4.39 Å². The van der Waals surface area contributed by atoms with E-state index in [2.05, 4.69) is 5.32 Å². The van der Waals surface area contributed by atoms with Crippen molar-refractivity contribution >= 4 is 23.1 Å². The predicted molar refractivity (Wildman–Crippen MR) is 115 cm³/mol. The number of ether oxygens (including phenoxy) is 1. The minimum Gasteiger partial charge on any atom is -0.379 e. The fourth-order valence-corrected chi connectivity index (χ4v) is 3.41. The molecule has 0 radical (unpaired) electrons. The molecule has 0 spiro atoms. The molecular weight excluding hydrogens is 383 g/mol. The lowest BCUT2D eigenvalue weighted by atomic mass is 10.0. The van der Waals surface area contributed by atoms with Gasteiger partial charge in [-0.1, -0.05) is 29.8 Å². The van der Waals surface area contributed by atoms with Crippen molar-refractivity contribution in [2.75, 3.05) is 18.5 Å². The molecule has 2 amide bonds. The first kappa shape index (κ1) is 21.7. The Balaban J connectivity index is 1.92. The van der Waals surface area contributed by atoms with Crippen molar-refractivity contribution in [3.8, 4) is 0 Å². The van der Waals surface area contributed by atoms with Crippen LogP contribution in [0.3, 0.4) is 0 Å². The minimum absolute atomic E-state index is 0.0876. The fourth-order valence-electron chi connectivity index (χ4n) is 3.41. The Morgan fingerprint density at radius 2 is 1.73 bits per heavy atom. The highest BCUT2D eigenvalue weighted by Gasteiger charge is 2.39. The van der Waals surface area contributed by atoms with Crippen LogP contribution in [-0.2, 0) is 14.3 Å². The quantitative estimate of drug-likeness (QED) is 0.516. The molecule has 30 heavy (non-hydrogen) atoms. The molecule has 0 aliphatic carbocycles. The average molecular weight is 410 g/mol. The molecular formula is C24H27FN2O3. The van der Waals surface area contributed by atoms with Crippen LogP contribution in [0.4, 0.5) is 10.1 Å². The molecule has 0 atom stereocenters. The number of halogens is 1. The Kier molecular flexibility index (Phi) is 6.67. The van der Waals surface area contributed by atoms with E-state index >= 15 is 0 Å². The standard InChI is InChI=1S/C24H27FN2O3/c1-15(2)30-13-5-12-27-23(28)21(18-7-9-19(25)10-8-18)22(24(27)29)26-20-11-6-16(3)14-17(20)4/h6-11,14-15,26H,5,12-13H2,1-4H3. The summed E-state index contributed by atoms with van der Waals surface area (Å²) in [5.74, 6) is -1.17. The number of amides is 2. The number of hydrogen-bond acceptors (Lipinski definition) is 4. The number of aryl methyl sites for hydroxylation is 2. The van der Waals surface area contributed by atoms with E-state index in [1.807, 2.05) is 45.9 Å². The zero-order valence-electron chi connectivity index (χ0n) is 17.8. The summed E-state index contributed by atoms with van der Waals surface area (Å²) in [5, 5.41) is 3.16. The second kappa shape index (κ2) is 9.22. The molecule has 1 aliphatic rings. The van der Waals surface area contributed by atoms with E-state index in [-0.39, 0.29) is 35.7 Å². The summed E-state index contributed by atoms with van der Waals surface area (Å²) >= 11 is 0. The zero-order chi connectivity index (χ0) is 21.8. The van der Waals surface area contributed by atoms with Crippen LogP contribution in [0.2, 0.25) is 0 Å². The third-order valence-corrected chi connectivity index (χ3v) is 4.92. The molecule has 2 aromatic carbocycles. The number of benzene rings is 2. The van der Waals surface area contributed by atoms with Gasteiger partial charge in [-0.15, -0.1) is 0 Å². The Labute approximate surface area is 176 Å². The van der Waals surface area contributed by atoms with Crippen molar-refractivity contribution in [2.45, 2.75) is 40.2 Å². The summed E-state index contributed by atoms with van der Waals surface area (Å²) in [6.07, 6.45) is 0.632. The van der Waals surface area contributed by atoms with Crippen LogP contribution < -0.4 is 5.32 Å². The summed E-state index contributed by atoms with van der Waals surface area (Å²) in [6.45, 7) is 8.52. The molecule has 1 aliphatic heterocycles. The number of imide groups is 1. The van der Waals surface area contributed by atoms with Crippen LogP contribution in [-0.4, -0.2) is 36.0 Å². The average Bonchev–Trinajstić information content (AvgIpc) is 2.92. The van der Waals surface area contributed by atoms with Gasteiger partial charge in [-0.05, 0) is 63.4 Å². The van der Waals surface area contributed by atoms with E-state index in [0.717, 1.165) is 16.8 Å². The van der Waals surface area contributed by atoms with Gasteiger partial charge in [0, 0.05) is 18.8 Å². The van der Waals surface area contributed by atoms with Crippen molar-refractivity contribution < 1.29 is 18.7 Å². The van der Waals surface area contributed by atoms with E-state index in [1.165, 1.54) is 29.2 Å². The highest BCUT2D eigenvalue weighted by Crippen LogP contribution is 2.31. The van der Waals surface area contributed by atoms with E-state index in [0.29, 0.717) is 18.6 Å². The number of carbonyl (C=O) groups excluding carboxylic acids is 2. The Morgan fingerprint density at radius 1 is 1.03 bits per heavy atom. The van der Waals surface area contributed by atoms with Gasteiger partial charge in [0.2, 0.25) is 0 Å². The van der Waals surface area contributed by atoms with Crippen LogP contribution in [0.1, 0.15) is 37.0 Å². The van der Waals surface area contributed by atoms with Gasteiger partial charge in [-0.3, -0.25) is 14.5 Å². The highest BCUT2D eigenvalue weighted by molar-refractivity contribution is 6.36. The number of carbonyl (C=O) groups is 2. The summed E-state index contributed by atoms with van der Waals surface area (Å²) in [5.41, 5.74) is 3.79. The third kappa shape index (κ3) is 4.76. The molecule has 2 aromatic rings. The molecule has 0 saturated carbocycles. The topological polar surface area (TPSA) is 58.6 Å². The van der Waals surface area contributed by atoms with Crippen molar-refractivity contribution in [1.82, 2.24) is 4.90 Å². The van der Waals surface area contributed by atoms with Crippen molar-refractivity contribution in [1.29, 1.82) is 0 Å². The minimum atomic E-state index is -0.400. The number of rotatable bonds is 8. The van der Waals surface area contributed by atoms with Crippen LogP contribution in [0.25, 0.3) is 5.57 Å². The Bertz CT molecular complexity index is 980. The van der Waals surface area contributed by atoms with E-state index in [1.54, 1.807) is 0 Å². The van der Waals surface area contributed by atoms with Crippen LogP contribution in [0.15, 0.2) is 48.2 Å². The summed E-state index contributed by atoms with van der Waals surface area (Å²) in [4.78, 5) is 27.5. The molecule has 6 heteroatoms. The largest absolute Gasteiger partial charge is 0.379 e. The monoisotopic (exact) mass is 410 g/mol. The maximum atomic E-state index is 13.4. The summed E-state index contributed by atoms with van der Waals surface area (Å²) in [6, 6.07) is 11.4. The lowest BCUT2D eigenvalue weighted by Crippen LogP contribution is -2.34. The van der Waals surface area contributed by atoms with Crippen molar-refractivity contribution in [3.05, 3.63) is 70.7 Å². The second-order valence-corrected chi connectivity index (χ2v) is 7.74. The fraction of sp³-hybridized carbons (Fsp3) is 0.333. The Morgan fingerprint density at radius 3 is 2.37 bits per heavy atom. The molecule has 1 heterocycles. The van der Waals surface area contributed by atoms with Gasteiger partial charge in [0.05, 0.1) is 11.7 Å². The first-order chi connectivity index (χ1) is 14.3. The van der Waals surface area contributed by atoms with Crippen LogP contribution in [0.5, 0.6) is 0 Å². The first-order valence-corrected chi connectivity index (χ1v) is 10.1. The first-order valence-electron chi connectivity index (χ1n) is 10.1. The van der Waals surface area contributed by atoms with E-state index < -0.39 is 5.82 Å². The van der Waals surface area contributed by atoms with Crippen LogP contribution >= 0.6 is 0 Å². The van der Waals surface area contributed by atoms with Gasteiger partial charge >= 0.3 is 0 Å². The van der Waals surface area contributed by atoms with Crippen molar-refractivity contribution in [3.63, 3.8) is 0 Å². The number of hydrogen-bond donors (Lipinski definition) is 1. The van der Waals surface area contributed by atoms with Gasteiger partial charge in [-0.2, -0.15) is 0 Å². The maximum Gasteiger partial charge on any atom is 0.278 e. The van der Waals surface area contributed by atoms with Gasteiger partial charge in [0.15, 0.2) is 0 Å². The summed E-state index contributed by atoms with van der Waals surface area (Å²) < 4.78 is 18.9. The van der Waals surface area contributed by atoms with Crippen molar-refractivity contribution in [2.24, 2.45) is 0 Å². The molecule has 0 unspecified atom stereocenters. The molecule has 0 saturated heterocycles. The third-order valence-electron chi connectivity index (χ3n) is 4.92. The van der Waals surface area contributed by atoms with E-state index in [4.69, 9.17) is 4.74 Å². The number of nitrogens with one attached hydrogen (secondary N) is 1. The molecule has 1 N–H and O–H groups in total. The van der Waals surface area contributed by atoms with Crippen LogP contribution in [0, 0.1) is 19.7 Å². The molecule has 0 aromatic heterocycles. The lowest BCUT2D eigenvalue weighted by Gasteiger charge is -2.16. The number of nitrogens with zero attached hydrogens (tertiary/aromatic N) is 1. The normalized spacial score (nSPS) is 14.3. The highest BCUT2D eigenvalue weighted by atomic mass is 19.1. The van der Waals surface area contributed by atoms with Gasteiger partial charge in [0.25, 0.3) is 11.8 Å². The molecule has 5 nitrogen and oxygen atoms in total. The van der Waals surface area contributed by atoms with Gasteiger partial charge in [0.1, 0.15) is 11.5 Å². The molecule has 0 fully saturated rings. The zero-order valence-corrected chi connectivity index (χ0v) is 17.8. The molecule has 3 rings (SSSR count). The summed E-state index contributed by atoms with van der Waals surface area (Å²) in [7, 11) is 0. The maximum absolute atomic E-state index is 13.4. The number of anilines is 1. The molecule has 0 bridgehead atoms. The SMILES string of the molecule is Cc1ccc(NC2=C(c3ccc(F)cc3)C(=O)N(CCCOC(C)C)C2=O)c(C)c1. The van der Waals surface area contributed by atoms with Gasteiger partial charge < -0.3 is 10.1 Å². The lowest BCUT2D eigenvalue weighted by molar-refractivity contribution is -0.137. The molecule has 158 valence electrons. The van der Waals surface area contributed by atoms with E-state index in [9.17, 15) is 14.0 Å². The Hall–Kier alpha value is -2.99. The second-order valence-electron chi connectivity index (χ2n) is 7.74.